The monoisotopic (exact) mass is 391 g/mol. The molecule has 0 aliphatic carbocycles. The second kappa shape index (κ2) is 12.1. The Morgan fingerprint density at radius 1 is 1.12 bits per heavy atom. The van der Waals surface area contributed by atoms with Gasteiger partial charge in [-0.15, -0.1) is 0 Å². The molecule has 0 saturated carbocycles. The molecule has 3 rings (SSSR count). The highest BCUT2D eigenvalue weighted by Crippen LogP contribution is 2.12. The molecule has 0 unspecified atom stereocenters. The number of halogens is 1. The van der Waals surface area contributed by atoms with E-state index >= 15 is 0 Å². The van der Waals surface area contributed by atoms with Gasteiger partial charge in [-0.2, -0.15) is 0 Å². The average molecular weight is 392 g/mol. The quantitative estimate of drug-likeness (QED) is 0.568. The molecule has 0 radical (unpaired) electrons. The standard InChI is InChI=1S/C11H10ClNO2.C7H6OS.C2H6/c1-13-10(7-11(14)15-13)6-8-2-4-9(12)5-3-8;9-6-8-7-4-2-1-3-5-7;1-2/h2-5,7H,6H2,1H3;1-6H;1-2H3. The van der Waals surface area contributed by atoms with Gasteiger partial charge in [0.1, 0.15) is 5.75 Å². The van der Waals surface area contributed by atoms with Crippen LogP contribution in [0.25, 0.3) is 0 Å². The minimum Gasteiger partial charge on any atom is -0.454 e. The first kappa shape index (κ1) is 21.7. The van der Waals surface area contributed by atoms with Crippen molar-refractivity contribution < 1.29 is 9.26 Å². The van der Waals surface area contributed by atoms with Crippen molar-refractivity contribution in [2.75, 3.05) is 0 Å². The van der Waals surface area contributed by atoms with Crippen molar-refractivity contribution in [2.45, 2.75) is 20.3 Å². The molecule has 0 spiro atoms. The summed E-state index contributed by atoms with van der Waals surface area (Å²) in [5.74, 6) is 0.785. The van der Waals surface area contributed by atoms with Gasteiger partial charge in [0.05, 0.1) is 5.69 Å². The molecule has 1 heterocycles. The van der Waals surface area contributed by atoms with Crippen LogP contribution < -0.4 is 10.4 Å². The molecule has 3 aromatic rings. The van der Waals surface area contributed by atoms with E-state index in [0.717, 1.165) is 17.0 Å². The lowest BCUT2D eigenvalue weighted by Gasteiger charge is -2.01. The fourth-order valence-electron chi connectivity index (χ4n) is 1.98. The van der Waals surface area contributed by atoms with Crippen LogP contribution in [0.1, 0.15) is 25.1 Å². The lowest BCUT2D eigenvalue weighted by atomic mass is 10.1. The van der Waals surface area contributed by atoms with Crippen LogP contribution in [-0.4, -0.2) is 10.3 Å². The minimum atomic E-state index is -0.318. The SMILES string of the molecule is CC.Cn1oc(=O)cc1Cc1ccc(Cl)cc1.S=COc1ccccc1. The number of aryl methyl sites for hydroxylation is 1. The van der Waals surface area contributed by atoms with Gasteiger partial charge in [0.2, 0.25) is 0 Å². The fraction of sp³-hybridized carbons (Fsp3) is 0.200. The van der Waals surface area contributed by atoms with Gasteiger partial charge in [-0.1, -0.05) is 55.8 Å². The zero-order valence-electron chi connectivity index (χ0n) is 15.0. The number of hydrogen-bond acceptors (Lipinski definition) is 4. The van der Waals surface area contributed by atoms with Crippen LogP contribution in [0.4, 0.5) is 0 Å². The first-order chi connectivity index (χ1) is 12.6. The topological polar surface area (TPSA) is 44.4 Å². The molecule has 4 nitrogen and oxygen atoms in total. The number of nitrogens with zero attached hydrogens (tertiary/aromatic N) is 1. The Bertz CT molecular complexity index is 826. The summed E-state index contributed by atoms with van der Waals surface area (Å²) >= 11 is 10.3. The van der Waals surface area contributed by atoms with Crippen LogP contribution in [0.5, 0.6) is 5.75 Å². The van der Waals surface area contributed by atoms with Crippen LogP contribution in [0, 0.1) is 0 Å². The van der Waals surface area contributed by atoms with E-state index in [-0.39, 0.29) is 5.63 Å². The van der Waals surface area contributed by atoms with Crippen molar-refractivity contribution in [3.05, 3.63) is 87.4 Å². The summed E-state index contributed by atoms with van der Waals surface area (Å²) in [6.45, 7) is 4.00. The Labute approximate surface area is 163 Å². The van der Waals surface area contributed by atoms with E-state index in [9.17, 15) is 4.79 Å². The van der Waals surface area contributed by atoms with Crippen molar-refractivity contribution in [1.29, 1.82) is 0 Å². The van der Waals surface area contributed by atoms with E-state index in [1.54, 1.807) is 7.05 Å². The van der Waals surface area contributed by atoms with Crippen LogP contribution in [0.2, 0.25) is 5.02 Å². The molecular weight excluding hydrogens is 370 g/mol. The molecule has 0 aliphatic heterocycles. The fourth-order valence-corrected chi connectivity index (χ4v) is 2.21. The maximum absolute atomic E-state index is 10.9. The maximum atomic E-state index is 10.9. The highest BCUT2D eigenvalue weighted by Gasteiger charge is 2.04. The zero-order chi connectivity index (χ0) is 19.4. The highest BCUT2D eigenvalue weighted by atomic mass is 35.5. The van der Waals surface area contributed by atoms with Gasteiger partial charge >= 0.3 is 5.63 Å². The molecule has 0 atom stereocenters. The minimum absolute atomic E-state index is 0.318. The molecule has 6 heteroatoms. The summed E-state index contributed by atoms with van der Waals surface area (Å²) < 4.78 is 11.2. The predicted octanol–water partition coefficient (Wildman–Crippen LogP) is 5.27. The summed E-state index contributed by atoms with van der Waals surface area (Å²) in [6.07, 6.45) is 0.666. The molecule has 0 bridgehead atoms. The van der Waals surface area contributed by atoms with E-state index in [2.05, 4.69) is 12.2 Å². The number of aromatic nitrogens is 1. The Hall–Kier alpha value is -2.37. The van der Waals surface area contributed by atoms with Crippen LogP contribution >= 0.6 is 23.8 Å². The molecule has 0 fully saturated rings. The third kappa shape index (κ3) is 7.68. The van der Waals surface area contributed by atoms with Gasteiger partial charge in [-0.05, 0) is 42.0 Å². The Balaban J connectivity index is 0.000000263. The van der Waals surface area contributed by atoms with Gasteiger partial charge in [0.15, 0.2) is 5.55 Å². The van der Waals surface area contributed by atoms with E-state index in [4.69, 9.17) is 20.9 Å². The molecule has 26 heavy (non-hydrogen) atoms. The molecule has 2 aromatic carbocycles. The molecule has 1 aromatic heterocycles. The Morgan fingerprint density at radius 3 is 2.23 bits per heavy atom. The van der Waals surface area contributed by atoms with E-state index in [1.807, 2.05) is 68.4 Å². The molecule has 0 aliphatic rings. The van der Waals surface area contributed by atoms with Crippen molar-refractivity contribution in [3.8, 4) is 5.75 Å². The second-order valence-electron chi connectivity index (χ2n) is 4.87. The normalized spacial score (nSPS) is 9.23. The molecule has 0 N–H and O–H groups in total. The van der Waals surface area contributed by atoms with Gasteiger partial charge in [0, 0.05) is 24.6 Å². The van der Waals surface area contributed by atoms with Crippen LogP contribution in [0.15, 0.2) is 70.0 Å². The second-order valence-corrected chi connectivity index (χ2v) is 5.50. The summed E-state index contributed by atoms with van der Waals surface area (Å²) in [5.41, 5.74) is 2.87. The number of hydrogen-bond donors (Lipinski definition) is 0. The first-order valence-corrected chi connectivity index (χ1v) is 8.99. The van der Waals surface area contributed by atoms with Gasteiger partial charge < -0.3 is 9.26 Å². The third-order valence-corrected chi connectivity index (χ3v) is 3.49. The number of thiocarbonyl (C=S) groups is 1. The number of para-hydroxylation sites is 1. The largest absolute Gasteiger partial charge is 0.454 e. The van der Waals surface area contributed by atoms with Crippen molar-refractivity contribution in [1.82, 2.24) is 4.74 Å². The van der Waals surface area contributed by atoms with Gasteiger partial charge in [-0.25, -0.2) is 9.53 Å². The van der Waals surface area contributed by atoms with E-state index in [1.165, 1.54) is 16.4 Å². The van der Waals surface area contributed by atoms with E-state index < -0.39 is 0 Å². The lowest BCUT2D eigenvalue weighted by molar-refractivity contribution is 0.278. The zero-order valence-corrected chi connectivity index (χ0v) is 16.6. The smallest absolute Gasteiger partial charge is 0.357 e. The molecule has 138 valence electrons. The summed E-state index contributed by atoms with van der Waals surface area (Å²) in [6, 6.07) is 18.4. The highest BCUT2D eigenvalue weighted by molar-refractivity contribution is 7.78. The molecule has 0 saturated heterocycles. The molecular formula is C20H22ClNO3S. The number of rotatable bonds is 4. The number of benzene rings is 2. The Morgan fingerprint density at radius 2 is 1.73 bits per heavy atom. The predicted molar refractivity (Wildman–Crippen MR) is 110 cm³/mol. The van der Waals surface area contributed by atoms with Crippen LogP contribution in [-0.2, 0) is 13.5 Å². The summed E-state index contributed by atoms with van der Waals surface area (Å²) in [5, 5.41) is 0.708. The third-order valence-electron chi connectivity index (χ3n) is 3.14. The van der Waals surface area contributed by atoms with Crippen molar-refractivity contribution in [2.24, 2.45) is 7.05 Å². The average Bonchev–Trinajstić information content (AvgIpc) is 2.97. The maximum Gasteiger partial charge on any atom is 0.357 e. The Kier molecular flexibility index (Phi) is 10.1. The van der Waals surface area contributed by atoms with E-state index in [0.29, 0.717) is 11.4 Å². The van der Waals surface area contributed by atoms with Crippen molar-refractivity contribution >= 4 is 29.4 Å². The summed E-state index contributed by atoms with van der Waals surface area (Å²) in [7, 11) is 1.71. The van der Waals surface area contributed by atoms with Gasteiger partial charge in [-0.3, -0.25) is 0 Å². The molecule has 0 amide bonds. The van der Waals surface area contributed by atoms with Crippen molar-refractivity contribution in [3.63, 3.8) is 0 Å². The first-order valence-electron chi connectivity index (χ1n) is 8.14. The lowest BCUT2D eigenvalue weighted by Crippen LogP contribution is -1.95. The van der Waals surface area contributed by atoms with Gasteiger partial charge in [0.25, 0.3) is 0 Å². The summed E-state index contributed by atoms with van der Waals surface area (Å²) in [4.78, 5) is 10.9. The number of ether oxygens (including phenoxy) is 1. The van der Waals surface area contributed by atoms with Crippen LogP contribution in [0.3, 0.4) is 0 Å².